The highest BCUT2D eigenvalue weighted by molar-refractivity contribution is 6.29. The number of hydrogen-bond donors (Lipinski definition) is 1. The fourth-order valence-corrected chi connectivity index (χ4v) is 1.26. The van der Waals surface area contributed by atoms with Gasteiger partial charge in [-0.2, -0.15) is 0 Å². The molecule has 0 radical (unpaired) electrons. The number of halogens is 1. The molecule has 0 atom stereocenters. The van der Waals surface area contributed by atoms with Crippen LogP contribution < -0.4 is 0 Å². The van der Waals surface area contributed by atoms with Crippen LogP contribution in [0.3, 0.4) is 0 Å². The second-order valence-corrected chi connectivity index (χ2v) is 3.09. The molecule has 4 nitrogen and oxygen atoms in total. The smallest absolute Gasteiger partial charge is 0.335 e. The molecular weight excluding hydrogens is 204 g/mol. The van der Waals surface area contributed by atoms with Gasteiger partial charge >= 0.3 is 5.97 Å². The van der Waals surface area contributed by atoms with E-state index in [-0.39, 0.29) is 5.56 Å². The van der Waals surface area contributed by atoms with E-state index in [0.717, 1.165) is 0 Å². The van der Waals surface area contributed by atoms with E-state index in [1.165, 1.54) is 18.3 Å². The third-order valence-electron chi connectivity index (χ3n) is 1.76. The lowest BCUT2D eigenvalue weighted by Crippen LogP contribution is -1.96. The zero-order chi connectivity index (χ0) is 10.1. The molecule has 1 aromatic carbocycles. The van der Waals surface area contributed by atoms with Crippen LogP contribution in [0.25, 0.3) is 11.0 Å². The molecule has 0 saturated heterocycles. The van der Waals surface area contributed by atoms with Crippen LogP contribution in [-0.2, 0) is 0 Å². The van der Waals surface area contributed by atoms with E-state index in [1.807, 2.05) is 0 Å². The molecule has 0 aliphatic rings. The first kappa shape index (κ1) is 8.90. The molecule has 0 amide bonds. The minimum atomic E-state index is -0.983. The summed E-state index contributed by atoms with van der Waals surface area (Å²) in [6.45, 7) is 0. The maximum atomic E-state index is 10.6. The SMILES string of the molecule is O=C(O)c1ccc2nc(Cl)cnc2c1. The van der Waals surface area contributed by atoms with E-state index in [1.54, 1.807) is 6.07 Å². The fourth-order valence-electron chi connectivity index (χ4n) is 1.12. The van der Waals surface area contributed by atoms with Crippen molar-refractivity contribution in [1.82, 2.24) is 9.97 Å². The van der Waals surface area contributed by atoms with Crippen molar-refractivity contribution < 1.29 is 9.90 Å². The van der Waals surface area contributed by atoms with Crippen molar-refractivity contribution in [3.05, 3.63) is 35.1 Å². The van der Waals surface area contributed by atoms with Gasteiger partial charge < -0.3 is 5.11 Å². The van der Waals surface area contributed by atoms with Crippen molar-refractivity contribution in [3.8, 4) is 0 Å². The predicted molar refractivity (Wildman–Crippen MR) is 51.5 cm³/mol. The Morgan fingerprint density at radius 3 is 2.86 bits per heavy atom. The van der Waals surface area contributed by atoms with Crippen molar-refractivity contribution in [1.29, 1.82) is 0 Å². The van der Waals surface area contributed by atoms with Gasteiger partial charge in [-0.05, 0) is 18.2 Å². The van der Waals surface area contributed by atoms with Crippen molar-refractivity contribution in [2.75, 3.05) is 0 Å². The Morgan fingerprint density at radius 1 is 1.36 bits per heavy atom. The molecule has 0 saturated carbocycles. The standard InChI is InChI=1S/C9H5ClN2O2/c10-8-4-11-7-3-5(9(13)14)1-2-6(7)12-8/h1-4H,(H,13,14). The molecule has 5 heteroatoms. The van der Waals surface area contributed by atoms with Gasteiger partial charge in [0.1, 0.15) is 5.15 Å². The minimum absolute atomic E-state index is 0.189. The molecule has 1 heterocycles. The van der Waals surface area contributed by atoms with E-state index < -0.39 is 5.97 Å². The van der Waals surface area contributed by atoms with Crippen LogP contribution in [-0.4, -0.2) is 21.0 Å². The van der Waals surface area contributed by atoms with Gasteiger partial charge in [-0.1, -0.05) is 11.6 Å². The summed E-state index contributed by atoms with van der Waals surface area (Å²) in [5.74, 6) is -0.983. The van der Waals surface area contributed by atoms with Crippen LogP contribution >= 0.6 is 11.6 Å². The van der Waals surface area contributed by atoms with E-state index in [4.69, 9.17) is 16.7 Å². The lowest BCUT2D eigenvalue weighted by Gasteiger charge is -1.98. The molecule has 0 unspecified atom stereocenters. The lowest BCUT2D eigenvalue weighted by atomic mass is 10.2. The average Bonchev–Trinajstić information content (AvgIpc) is 2.16. The lowest BCUT2D eigenvalue weighted by molar-refractivity contribution is 0.0697. The quantitative estimate of drug-likeness (QED) is 0.779. The summed E-state index contributed by atoms with van der Waals surface area (Å²) < 4.78 is 0. The highest BCUT2D eigenvalue weighted by Crippen LogP contribution is 2.14. The minimum Gasteiger partial charge on any atom is -0.478 e. The molecule has 0 bridgehead atoms. The Morgan fingerprint density at radius 2 is 2.14 bits per heavy atom. The van der Waals surface area contributed by atoms with Gasteiger partial charge in [0.05, 0.1) is 22.8 Å². The van der Waals surface area contributed by atoms with Crippen molar-refractivity contribution >= 4 is 28.6 Å². The summed E-state index contributed by atoms with van der Waals surface area (Å²) in [5.41, 5.74) is 1.30. The highest BCUT2D eigenvalue weighted by Gasteiger charge is 2.04. The number of fused-ring (bicyclic) bond motifs is 1. The van der Waals surface area contributed by atoms with Gasteiger partial charge in [-0.3, -0.25) is 4.98 Å². The van der Waals surface area contributed by atoms with E-state index in [2.05, 4.69) is 9.97 Å². The molecule has 1 aromatic heterocycles. The van der Waals surface area contributed by atoms with Crippen LogP contribution in [0, 0.1) is 0 Å². The maximum Gasteiger partial charge on any atom is 0.335 e. The number of aromatic carboxylic acids is 1. The average molecular weight is 209 g/mol. The third-order valence-corrected chi connectivity index (χ3v) is 1.94. The summed E-state index contributed by atoms with van der Waals surface area (Å²) in [6, 6.07) is 4.51. The van der Waals surface area contributed by atoms with E-state index in [9.17, 15) is 4.79 Å². The summed E-state index contributed by atoms with van der Waals surface area (Å²) >= 11 is 5.63. The molecule has 2 aromatic rings. The molecule has 0 aliphatic heterocycles. The molecule has 0 fully saturated rings. The summed E-state index contributed by atoms with van der Waals surface area (Å²) in [6.07, 6.45) is 1.38. The fraction of sp³-hybridized carbons (Fsp3) is 0. The zero-order valence-electron chi connectivity index (χ0n) is 6.94. The first-order valence-electron chi connectivity index (χ1n) is 3.82. The van der Waals surface area contributed by atoms with Crippen LogP contribution in [0.2, 0.25) is 5.15 Å². The third kappa shape index (κ3) is 1.52. The van der Waals surface area contributed by atoms with Crippen LogP contribution in [0.5, 0.6) is 0 Å². The van der Waals surface area contributed by atoms with E-state index in [0.29, 0.717) is 16.2 Å². The van der Waals surface area contributed by atoms with Crippen LogP contribution in [0.1, 0.15) is 10.4 Å². The summed E-state index contributed by atoms with van der Waals surface area (Å²) in [4.78, 5) is 18.6. The molecule has 70 valence electrons. The number of carboxylic acid groups (broad SMARTS) is 1. The molecule has 2 rings (SSSR count). The second kappa shape index (κ2) is 3.23. The van der Waals surface area contributed by atoms with Gasteiger partial charge in [0.2, 0.25) is 0 Å². The van der Waals surface area contributed by atoms with Gasteiger partial charge in [-0.15, -0.1) is 0 Å². The topological polar surface area (TPSA) is 63.1 Å². The maximum absolute atomic E-state index is 10.6. The van der Waals surface area contributed by atoms with Crippen molar-refractivity contribution in [2.24, 2.45) is 0 Å². The van der Waals surface area contributed by atoms with Gasteiger partial charge in [-0.25, -0.2) is 9.78 Å². The highest BCUT2D eigenvalue weighted by atomic mass is 35.5. The van der Waals surface area contributed by atoms with Gasteiger partial charge in [0, 0.05) is 0 Å². The van der Waals surface area contributed by atoms with Crippen molar-refractivity contribution in [2.45, 2.75) is 0 Å². The number of rotatable bonds is 1. The van der Waals surface area contributed by atoms with Crippen molar-refractivity contribution in [3.63, 3.8) is 0 Å². The first-order valence-corrected chi connectivity index (χ1v) is 4.20. The molecule has 0 aliphatic carbocycles. The Labute approximate surface area is 84.2 Å². The summed E-state index contributed by atoms with van der Waals surface area (Å²) in [5, 5.41) is 9.02. The Hall–Kier alpha value is -1.68. The number of hydrogen-bond acceptors (Lipinski definition) is 3. The summed E-state index contributed by atoms with van der Waals surface area (Å²) in [7, 11) is 0. The normalized spacial score (nSPS) is 10.4. The largest absolute Gasteiger partial charge is 0.478 e. The monoisotopic (exact) mass is 208 g/mol. The number of nitrogens with zero attached hydrogens (tertiary/aromatic N) is 2. The zero-order valence-corrected chi connectivity index (χ0v) is 7.69. The van der Waals surface area contributed by atoms with E-state index >= 15 is 0 Å². The van der Waals surface area contributed by atoms with Crippen LogP contribution in [0.15, 0.2) is 24.4 Å². The number of carbonyl (C=O) groups is 1. The number of aromatic nitrogens is 2. The Kier molecular flexibility index (Phi) is 2.05. The van der Waals surface area contributed by atoms with Gasteiger partial charge in [0.25, 0.3) is 0 Å². The molecular formula is C9H5ClN2O2. The first-order chi connectivity index (χ1) is 6.66. The van der Waals surface area contributed by atoms with Crippen LogP contribution in [0.4, 0.5) is 0 Å². The van der Waals surface area contributed by atoms with Gasteiger partial charge in [0.15, 0.2) is 0 Å². The molecule has 1 N–H and O–H groups in total. The Balaban J connectivity index is 2.67. The predicted octanol–water partition coefficient (Wildman–Crippen LogP) is 1.98. The number of carboxylic acids is 1. The second-order valence-electron chi connectivity index (χ2n) is 2.70. The number of benzene rings is 1. The Bertz CT molecular complexity index is 513. The molecule has 0 spiro atoms. The molecule has 14 heavy (non-hydrogen) atoms.